The molecule has 2 N–H and O–H groups in total. The van der Waals surface area contributed by atoms with Crippen molar-refractivity contribution in [1.82, 2.24) is 14.8 Å². The second kappa shape index (κ2) is 10.9. The zero-order valence-electron chi connectivity index (χ0n) is 17.4. The summed E-state index contributed by atoms with van der Waals surface area (Å²) in [6.07, 6.45) is 1.02. The monoisotopic (exact) mass is 436 g/mol. The molecular weight excluding hydrogens is 408 g/mol. The standard InChI is InChI=1S/C21H29ClN4O4/c1-15(2)29-13-18(27)11-25-7-9-26(10-8-25)12-20-24-19(14-30-20)21(28)23-17-5-3-16(22)4-6-17/h3-6,14-15,18,27H,7-13H2,1-2H3,(H,23,28). The van der Waals surface area contributed by atoms with E-state index in [2.05, 4.69) is 20.1 Å². The average Bonchev–Trinajstić information content (AvgIpc) is 3.18. The number of halogens is 1. The number of carbonyl (C=O) groups is 1. The molecule has 1 atom stereocenters. The minimum atomic E-state index is -0.479. The van der Waals surface area contributed by atoms with Crippen molar-refractivity contribution in [3.63, 3.8) is 0 Å². The smallest absolute Gasteiger partial charge is 0.277 e. The minimum absolute atomic E-state index is 0.121. The van der Waals surface area contributed by atoms with Crippen LogP contribution in [-0.2, 0) is 11.3 Å². The van der Waals surface area contributed by atoms with Crippen LogP contribution in [0.15, 0.2) is 34.9 Å². The fourth-order valence-electron chi connectivity index (χ4n) is 3.19. The molecule has 0 aliphatic carbocycles. The SMILES string of the molecule is CC(C)OCC(O)CN1CCN(Cc2nc(C(=O)Nc3ccc(Cl)cc3)co2)CC1. The van der Waals surface area contributed by atoms with Crippen molar-refractivity contribution < 1.29 is 19.1 Å². The van der Waals surface area contributed by atoms with Gasteiger partial charge in [-0.05, 0) is 38.1 Å². The van der Waals surface area contributed by atoms with E-state index < -0.39 is 6.10 Å². The van der Waals surface area contributed by atoms with Gasteiger partial charge in [-0.2, -0.15) is 0 Å². The molecule has 9 heteroatoms. The molecule has 164 valence electrons. The molecule has 0 saturated carbocycles. The molecule has 8 nitrogen and oxygen atoms in total. The first kappa shape index (κ1) is 22.7. The van der Waals surface area contributed by atoms with Crippen molar-refractivity contribution >= 4 is 23.2 Å². The topological polar surface area (TPSA) is 91.1 Å². The first-order chi connectivity index (χ1) is 14.4. The molecule has 0 spiro atoms. The van der Waals surface area contributed by atoms with Gasteiger partial charge < -0.3 is 19.6 Å². The Balaban J connectivity index is 1.42. The lowest BCUT2D eigenvalue weighted by molar-refractivity contribution is -0.0151. The first-order valence-corrected chi connectivity index (χ1v) is 10.5. The van der Waals surface area contributed by atoms with E-state index in [0.29, 0.717) is 36.3 Å². The number of aliphatic hydroxyl groups excluding tert-OH is 1. The Morgan fingerprint density at radius 2 is 1.90 bits per heavy atom. The van der Waals surface area contributed by atoms with E-state index in [4.69, 9.17) is 20.8 Å². The number of benzene rings is 1. The molecule has 1 amide bonds. The van der Waals surface area contributed by atoms with Gasteiger partial charge in [0, 0.05) is 43.4 Å². The summed E-state index contributed by atoms with van der Waals surface area (Å²) in [6, 6.07) is 6.88. The Morgan fingerprint density at radius 3 is 2.57 bits per heavy atom. The maximum absolute atomic E-state index is 12.3. The molecule has 1 aromatic heterocycles. The van der Waals surface area contributed by atoms with Crippen molar-refractivity contribution in [2.24, 2.45) is 0 Å². The molecule has 30 heavy (non-hydrogen) atoms. The van der Waals surface area contributed by atoms with Crippen LogP contribution >= 0.6 is 11.6 Å². The molecule has 0 radical (unpaired) electrons. The summed E-state index contributed by atoms with van der Waals surface area (Å²) in [7, 11) is 0. The van der Waals surface area contributed by atoms with Crippen molar-refractivity contribution in [3.8, 4) is 0 Å². The zero-order valence-corrected chi connectivity index (χ0v) is 18.1. The minimum Gasteiger partial charge on any atom is -0.447 e. The predicted molar refractivity (Wildman–Crippen MR) is 115 cm³/mol. The van der Waals surface area contributed by atoms with Crippen LogP contribution in [0.25, 0.3) is 0 Å². The zero-order chi connectivity index (χ0) is 21.5. The van der Waals surface area contributed by atoms with Crippen LogP contribution in [0.1, 0.15) is 30.2 Å². The van der Waals surface area contributed by atoms with Gasteiger partial charge in [-0.25, -0.2) is 4.98 Å². The summed E-state index contributed by atoms with van der Waals surface area (Å²) >= 11 is 5.85. The maximum atomic E-state index is 12.3. The molecule has 1 aliphatic heterocycles. The van der Waals surface area contributed by atoms with E-state index in [0.717, 1.165) is 26.2 Å². The molecule has 3 rings (SSSR count). The van der Waals surface area contributed by atoms with E-state index in [1.54, 1.807) is 24.3 Å². The Labute approximate surface area is 181 Å². The lowest BCUT2D eigenvalue weighted by Gasteiger charge is -2.35. The van der Waals surface area contributed by atoms with Crippen LogP contribution in [0, 0.1) is 0 Å². The van der Waals surface area contributed by atoms with Crippen molar-refractivity contribution in [1.29, 1.82) is 0 Å². The number of ether oxygens (including phenoxy) is 1. The number of nitrogens with zero attached hydrogens (tertiary/aromatic N) is 3. The highest BCUT2D eigenvalue weighted by Gasteiger charge is 2.21. The number of β-amino-alcohol motifs (C(OH)–C–C–N with tert-alkyl or cyclic N) is 1. The summed E-state index contributed by atoms with van der Waals surface area (Å²) in [6.45, 7) is 8.80. The molecule has 2 heterocycles. The molecule has 1 aromatic carbocycles. The van der Waals surface area contributed by atoms with E-state index in [-0.39, 0.29) is 17.7 Å². The van der Waals surface area contributed by atoms with Gasteiger partial charge in [0.2, 0.25) is 5.89 Å². The van der Waals surface area contributed by atoms with Crippen molar-refractivity contribution in [2.75, 3.05) is 44.6 Å². The number of hydrogen-bond acceptors (Lipinski definition) is 7. The third kappa shape index (κ3) is 7.07. The first-order valence-electron chi connectivity index (χ1n) is 10.1. The number of aromatic nitrogens is 1. The number of hydrogen-bond donors (Lipinski definition) is 2. The van der Waals surface area contributed by atoms with E-state index >= 15 is 0 Å². The fraction of sp³-hybridized carbons (Fsp3) is 0.524. The molecule has 0 bridgehead atoms. The van der Waals surface area contributed by atoms with Gasteiger partial charge in [-0.1, -0.05) is 11.6 Å². The van der Waals surface area contributed by atoms with Gasteiger partial charge in [-0.15, -0.1) is 0 Å². The largest absolute Gasteiger partial charge is 0.447 e. The van der Waals surface area contributed by atoms with Crippen LogP contribution < -0.4 is 5.32 Å². The molecule has 1 fully saturated rings. The van der Waals surface area contributed by atoms with E-state index in [1.807, 2.05) is 13.8 Å². The second-order valence-corrected chi connectivity index (χ2v) is 8.14. The molecule has 2 aromatic rings. The Hall–Kier alpha value is -1.97. The van der Waals surface area contributed by atoms with Gasteiger partial charge in [0.05, 0.1) is 25.4 Å². The number of amides is 1. The quantitative estimate of drug-likeness (QED) is 0.624. The lowest BCUT2D eigenvalue weighted by atomic mass is 10.2. The maximum Gasteiger partial charge on any atom is 0.277 e. The normalized spacial score (nSPS) is 16.7. The van der Waals surface area contributed by atoms with Crippen LogP contribution in [-0.4, -0.2) is 77.3 Å². The van der Waals surface area contributed by atoms with Crippen molar-refractivity contribution in [3.05, 3.63) is 47.1 Å². The predicted octanol–water partition coefficient (Wildman–Crippen LogP) is 2.48. The van der Waals surface area contributed by atoms with E-state index in [1.165, 1.54) is 6.26 Å². The van der Waals surface area contributed by atoms with Gasteiger partial charge in [0.1, 0.15) is 6.26 Å². The van der Waals surface area contributed by atoms with Gasteiger partial charge in [0.25, 0.3) is 5.91 Å². The fourth-order valence-corrected chi connectivity index (χ4v) is 3.32. The lowest BCUT2D eigenvalue weighted by Crippen LogP contribution is -2.48. The Morgan fingerprint density at radius 1 is 1.23 bits per heavy atom. The molecule has 1 unspecified atom stereocenters. The molecule has 1 saturated heterocycles. The number of anilines is 1. The van der Waals surface area contributed by atoms with Crippen molar-refractivity contribution in [2.45, 2.75) is 32.6 Å². The average molecular weight is 437 g/mol. The van der Waals surface area contributed by atoms with Gasteiger partial charge in [-0.3, -0.25) is 14.6 Å². The van der Waals surface area contributed by atoms with Gasteiger partial charge in [0.15, 0.2) is 5.69 Å². The van der Waals surface area contributed by atoms with Gasteiger partial charge >= 0.3 is 0 Å². The van der Waals surface area contributed by atoms with Crippen LogP contribution in [0.2, 0.25) is 5.02 Å². The number of carbonyl (C=O) groups excluding carboxylic acids is 1. The summed E-state index contributed by atoms with van der Waals surface area (Å²) in [5.41, 5.74) is 0.887. The highest BCUT2D eigenvalue weighted by molar-refractivity contribution is 6.30. The van der Waals surface area contributed by atoms with E-state index in [9.17, 15) is 9.90 Å². The number of aliphatic hydroxyl groups is 1. The number of rotatable bonds is 9. The number of piperazine rings is 1. The van der Waals surface area contributed by atoms with Crippen LogP contribution in [0.5, 0.6) is 0 Å². The Bertz CT molecular complexity index is 804. The molecular formula is C21H29ClN4O4. The third-order valence-corrected chi connectivity index (χ3v) is 5.05. The summed E-state index contributed by atoms with van der Waals surface area (Å²) in [5, 5.41) is 13.5. The summed E-state index contributed by atoms with van der Waals surface area (Å²) in [4.78, 5) is 21.1. The van der Waals surface area contributed by atoms with Crippen LogP contribution in [0.3, 0.4) is 0 Å². The number of oxazole rings is 1. The molecule has 1 aliphatic rings. The Kier molecular flexibility index (Phi) is 8.24. The summed E-state index contributed by atoms with van der Waals surface area (Å²) in [5.74, 6) is 0.185. The summed E-state index contributed by atoms with van der Waals surface area (Å²) < 4.78 is 10.9. The second-order valence-electron chi connectivity index (χ2n) is 7.70. The number of nitrogens with one attached hydrogen (secondary N) is 1. The highest BCUT2D eigenvalue weighted by Crippen LogP contribution is 2.15. The van der Waals surface area contributed by atoms with Crippen LogP contribution in [0.4, 0.5) is 5.69 Å². The third-order valence-electron chi connectivity index (χ3n) is 4.80. The highest BCUT2D eigenvalue weighted by atomic mass is 35.5.